The van der Waals surface area contributed by atoms with Crippen LogP contribution in [0.15, 0.2) is 48.5 Å². The van der Waals surface area contributed by atoms with Crippen molar-refractivity contribution in [3.63, 3.8) is 0 Å². The van der Waals surface area contributed by atoms with Crippen LogP contribution in [0, 0.1) is 0 Å². The first kappa shape index (κ1) is 12.8. The van der Waals surface area contributed by atoms with Crippen LogP contribution in [0.1, 0.15) is 35.3 Å². The highest BCUT2D eigenvalue weighted by Gasteiger charge is 2.10. The van der Waals surface area contributed by atoms with Crippen LogP contribution in [0.2, 0.25) is 0 Å². The van der Waals surface area contributed by atoms with Crippen LogP contribution < -0.4 is 5.73 Å². The van der Waals surface area contributed by atoms with E-state index in [9.17, 15) is 5.11 Å². The second-order valence-electron chi connectivity index (χ2n) is 4.45. The van der Waals surface area contributed by atoms with Gasteiger partial charge < -0.3 is 10.8 Å². The maximum Gasteiger partial charge on any atom is 0.104 e. The first-order chi connectivity index (χ1) is 8.74. The molecule has 0 aliphatic carbocycles. The Morgan fingerprint density at radius 1 is 1.00 bits per heavy atom. The topological polar surface area (TPSA) is 46.2 Å². The standard InChI is InChI=1S/C16H19NO/c1-2-12-6-8-14(9-7-12)16(18)15-5-3-4-13(10-15)11-17/h3-10,16,18H,2,11,17H2,1H3. The van der Waals surface area contributed by atoms with Gasteiger partial charge in [0.1, 0.15) is 6.10 Å². The molecule has 0 radical (unpaired) electrons. The van der Waals surface area contributed by atoms with Crippen molar-refractivity contribution in [3.05, 3.63) is 70.8 Å². The third-order valence-electron chi connectivity index (χ3n) is 3.21. The van der Waals surface area contributed by atoms with Crippen molar-refractivity contribution < 1.29 is 5.11 Å². The maximum atomic E-state index is 10.3. The number of nitrogens with two attached hydrogens (primary N) is 1. The third kappa shape index (κ3) is 2.78. The third-order valence-corrected chi connectivity index (χ3v) is 3.21. The van der Waals surface area contributed by atoms with Gasteiger partial charge in [-0.1, -0.05) is 55.5 Å². The Bertz CT molecular complexity index is 505. The van der Waals surface area contributed by atoms with Crippen LogP contribution in [-0.2, 0) is 13.0 Å². The predicted octanol–water partition coefficient (Wildman–Crippen LogP) is 2.79. The number of rotatable bonds is 4. The summed E-state index contributed by atoms with van der Waals surface area (Å²) in [7, 11) is 0. The van der Waals surface area contributed by atoms with Crippen molar-refractivity contribution in [2.24, 2.45) is 5.73 Å². The van der Waals surface area contributed by atoms with Gasteiger partial charge in [-0.2, -0.15) is 0 Å². The van der Waals surface area contributed by atoms with E-state index in [2.05, 4.69) is 19.1 Å². The van der Waals surface area contributed by atoms with Gasteiger partial charge in [0.15, 0.2) is 0 Å². The zero-order chi connectivity index (χ0) is 13.0. The Balaban J connectivity index is 2.25. The summed E-state index contributed by atoms with van der Waals surface area (Å²) in [4.78, 5) is 0. The fraction of sp³-hybridized carbons (Fsp3) is 0.250. The molecule has 1 unspecified atom stereocenters. The van der Waals surface area contributed by atoms with Crippen LogP contribution in [0.5, 0.6) is 0 Å². The number of aryl methyl sites for hydroxylation is 1. The summed E-state index contributed by atoms with van der Waals surface area (Å²) in [5.74, 6) is 0. The summed E-state index contributed by atoms with van der Waals surface area (Å²) in [5.41, 5.74) is 9.74. The smallest absolute Gasteiger partial charge is 0.104 e. The highest BCUT2D eigenvalue weighted by molar-refractivity contribution is 5.34. The van der Waals surface area contributed by atoms with Gasteiger partial charge in [-0.3, -0.25) is 0 Å². The molecule has 0 saturated heterocycles. The average Bonchev–Trinajstić information content (AvgIpc) is 2.46. The van der Waals surface area contributed by atoms with Crippen LogP contribution in [0.4, 0.5) is 0 Å². The summed E-state index contributed by atoms with van der Waals surface area (Å²) in [5, 5.41) is 10.3. The zero-order valence-corrected chi connectivity index (χ0v) is 10.6. The molecule has 0 spiro atoms. The molecule has 1 atom stereocenters. The van der Waals surface area contributed by atoms with Gasteiger partial charge >= 0.3 is 0 Å². The summed E-state index contributed by atoms with van der Waals surface area (Å²) < 4.78 is 0. The summed E-state index contributed by atoms with van der Waals surface area (Å²) in [6.45, 7) is 2.62. The molecule has 2 heteroatoms. The molecule has 0 aromatic heterocycles. The summed E-state index contributed by atoms with van der Waals surface area (Å²) >= 11 is 0. The highest BCUT2D eigenvalue weighted by atomic mass is 16.3. The Morgan fingerprint density at radius 2 is 1.72 bits per heavy atom. The molecular weight excluding hydrogens is 222 g/mol. The zero-order valence-electron chi connectivity index (χ0n) is 10.6. The highest BCUT2D eigenvalue weighted by Crippen LogP contribution is 2.23. The molecule has 2 rings (SSSR count). The maximum absolute atomic E-state index is 10.3. The van der Waals surface area contributed by atoms with Crippen molar-refractivity contribution in [2.75, 3.05) is 0 Å². The quantitative estimate of drug-likeness (QED) is 0.864. The molecule has 0 bridgehead atoms. The van der Waals surface area contributed by atoms with E-state index in [-0.39, 0.29) is 0 Å². The van der Waals surface area contributed by atoms with Crippen LogP contribution in [-0.4, -0.2) is 5.11 Å². The average molecular weight is 241 g/mol. The molecular formula is C16H19NO. The number of hydrogen-bond donors (Lipinski definition) is 2. The van der Waals surface area contributed by atoms with Gasteiger partial charge in [-0.25, -0.2) is 0 Å². The fourth-order valence-electron chi connectivity index (χ4n) is 2.02. The first-order valence-electron chi connectivity index (χ1n) is 6.30. The number of hydrogen-bond acceptors (Lipinski definition) is 2. The second-order valence-corrected chi connectivity index (χ2v) is 4.45. The SMILES string of the molecule is CCc1ccc(C(O)c2cccc(CN)c2)cc1. The Hall–Kier alpha value is -1.64. The van der Waals surface area contributed by atoms with Crippen LogP contribution >= 0.6 is 0 Å². The Kier molecular flexibility index (Phi) is 4.13. The second kappa shape index (κ2) is 5.80. The van der Waals surface area contributed by atoms with E-state index in [4.69, 9.17) is 5.73 Å². The molecule has 94 valence electrons. The van der Waals surface area contributed by atoms with Gasteiger partial charge in [-0.05, 0) is 28.7 Å². The van der Waals surface area contributed by atoms with E-state index in [0.29, 0.717) is 6.54 Å². The lowest BCUT2D eigenvalue weighted by atomic mass is 9.98. The van der Waals surface area contributed by atoms with Gasteiger partial charge in [0.05, 0.1) is 0 Å². The normalized spacial score (nSPS) is 12.4. The van der Waals surface area contributed by atoms with Gasteiger partial charge in [0.2, 0.25) is 0 Å². The van der Waals surface area contributed by atoms with E-state index in [0.717, 1.165) is 23.1 Å². The largest absolute Gasteiger partial charge is 0.384 e. The number of aliphatic hydroxyl groups excluding tert-OH is 1. The van der Waals surface area contributed by atoms with E-state index >= 15 is 0 Å². The van der Waals surface area contributed by atoms with E-state index in [1.807, 2.05) is 36.4 Å². The summed E-state index contributed by atoms with van der Waals surface area (Å²) in [6, 6.07) is 15.9. The molecule has 0 fully saturated rings. The molecule has 0 amide bonds. The molecule has 0 saturated carbocycles. The van der Waals surface area contributed by atoms with Crippen molar-refractivity contribution in [2.45, 2.75) is 26.0 Å². The van der Waals surface area contributed by atoms with Gasteiger partial charge in [0, 0.05) is 6.54 Å². The number of aliphatic hydroxyl groups is 1. The van der Waals surface area contributed by atoms with Crippen molar-refractivity contribution in [1.82, 2.24) is 0 Å². The van der Waals surface area contributed by atoms with E-state index < -0.39 is 6.10 Å². The minimum Gasteiger partial charge on any atom is -0.384 e. The molecule has 18 heavy (non-hydrogen) atoms. The van der Waals surface area contributed by atoms with E-state index in [1.54, 1.807) is 0 Å². The van der Waals surface area contributed by atoms with Crippen molar-refractivity contribution in [3.8, 4) is 0 Å². The molecule has 0 aliphatic rings. The summed E-state index contributed by atoms with van der Waals surface area (Å²) in [6.07, 6.45) is 0.432. The minimum atomic E-state index is -0.581. The van der Waals surface area contributed by atoms with Gasteiger partial charge in [0.25, 0.3) is 0 Å². The van der Waals surface area contributed by atoms with Gasteiger partial charge in [-0.15, -0.1) is 0 Å². The van der Waals surface area contributed by atoms with Crippen molar-refractivity contribution in [1.29, 1.82) is 0 Å². The minimum absolute atomic E-state index is 0.495. The lowest BCUT2D eigenvalue weighted by molar-refractivity contribution is 0.220. The van der Waals surface area contributed by atoms with E-state index in [1.165, 1.54) is 5.56 Å². The molecule has 0 aliphatic heterocycles. The Labute approximate surface area is 108 Å². The first-order valence-corrected chi connectivity index (χ1v) is 6.30. The lowest BCUT2D eigenvalue weighted by Gasteiger charge is -2.13. The predicted molar refractivity (Wildman–Crippen MR) is 74.2 cm³/mol. The molecule has 2 aromatic carbocycles. The fourth-order valence-corrected chi connectivity index (χ4v) is 2.02. The monoisotopic (exact) mass is 241 g/mol. The Morgan fingerprint density at radius 3 is 2.33 bits per heavy atom. The molecule has 3 N–H and O–H groups in total. The van der Waals surface area contributed by atoms with Crippen LogP contribution in [0.25, 0.3) is 0 Å². The number of benzene rings is 2. The molecule has 2 aromatic rings. The lowest BCUT2D eigenvalue weighted by Crippen LogP contribution is -2.02. The van der Waals surface area contributed by atoms with Crippen molar-refractivity contribution >= 4 is 0 Å². The molecule has 2 nitrogen and oxygen atoms in total. The van der Waals surface area contributed by atoms with Crippen LogP contribution in [0.3, 0.4) is 0 Å². The molecule has 0 heterocycles.